The van der Waals surface area contributed by atoms with E-state index in [4.69, 9.17) is 32.7 Å². The van der Waals surface area contributed by atoms with Crippen molar-refractivity contribution in [3.05, 3.63) is 70.7 Å². The second-order valence-corrected chi connectivity index (χ2v) is 11.3. The minimum atomic E-state index is -4.87. The van der Waals surface area contributed by atoms with E-state index in [1.165, 1.54) is 0 Å². The van der Waals surface area contributed by atoms with Crippen LogP contribution in [0.4, 0.5) is 13.2 Å². The molecule has 37 heavy (non-hydrogen) atoms. The maximum absolute atomic E-state index is 13.2. The Bertz CT molecular complexity index is 1520. The first-order chi connectivity index (χ1) is 17.4. The van der Waals surface area contributed by atoms with Gasteiger partial charge in [0.2, 0.25) is 0 Å². The van der Waals surface area contributed by atoms with Gasteiger partial charge in [0.05, 0.1) is 36.3 Å². The first-order valence-electron chi connectivity index (χ1n) is 11.0. The van der Waals surface area contributed by atoms with Crippen LogP contribution in [-0.2, 0) is 14.7 Å². The van der Waals surface area contributed by atoms with Gasteiger partial charge in [-0.25, -0.2) is 13.7 Å². The Balaban J connectivity index is 1.45. The highest BCUT2D eigenvalue weighted by molar-refractivity contribution is 7.90. The lowest BCUT2D eigenvalue weighted by Crippen LogP contribution is -2.53. The number of alkyl halides is 3. The number of fused-ring (bicyclic) bond motifs is 3. The molecule has 0 aliphatic carbocycles. The van der Waals surface area contributed by atoms with Crippen molar-refractivity contribution in [2.75, 3.05) is 13.2 Å². The van der Waals surface area contributed by atoms with Crippen molar-refractivity contribution in [2.24, 2.45) is 0 Å². The van der Waals surface area contributed by atoms with Crippen molar-refractivity contribution < 1.29 is 32.0 Å². The molecule has 1 aromatic heterocycles. The number of hydrogen-bond donors (Lipinski definition) is 3. The largest absolute Gasteiger partial charge is 0.573 e. The fourth-order valence-corrected chi connectivity index (χ4v) is 6.21. The van der Waals surface area contributed by atoms with Crippen LogP contribution in [-0.4, -0.2) is 45.6 Å². The van der Waals surface area contributed by atoms with Crippen molar-refractivity contribution in [1.29, 1.82) is 4.78 Å². The molecule has 0 saturated carbocycles. The summed E-state index contributed by atoms with van der Waals surface area (Å²) in [6.45, 7) is 0.115. The van der Waals surface area contributed by atoms with Gasteiger partial charge in [0, 0.05) is 31.9 Å². The van der Waals surface area contributed by atoms with Gasteiger partial charge in [0.15, 0.2) is 0 Å². The van der Waals surface area contributed by atoms with Crippen molar-refractivity contribution in [2.45, 2.75) is 29.4 Å². The molecule has 0 amide bonds. The Morgan fingerprint density at radius 2 is 1.57 bits per heavy atom. The summed E-state index contributed by atoms with van der Waals surface area (Å²) < 4.78 is 72.9. The molecule has 0 radical (unpaired) electrons. The zero-order valence-corrected chi connectivity index (χ0v) is 21.2. The predicted octanol–water partition coefficient (Wildman–Crippen LogP) is 5.91. The summed E-state index contributed by atoms with van der Waals surface area (Å²) in [6.07, 6.45) is -6.00. The second-order valence-electron chi connectivity index (χ2n) is 8.59. The molecule has 4 aromatic rings. The van der Waals surface area contributed by atoms with Crippen LogP contribution >= 0.6 is 23.2 Å². The van der Waals surface area contributed by atoms with E-state index in [2.05, 4.69) is 9.46 Å². The molecule has 4 unspecified atom stereocenters. The van der Waals surface area contributed by atoms with Crippen LogP contribution in [0.2, 0.25) is 10.0 Å². The molecule has 2 heterocycles. The van der Waals surface area contributed by atoms with E-state index in [0.29, 0.717) is 10.0 Å². The highest BCUT2D eigenvalue weighted by atomic mass is 35.5. The normalized spacial score (nSPS) is 22.3. The number of benzene rings is 3. The summed E-state index contributed by atoms with van der Waals surface area (Å²) in [5, 5.41) is 14.1. The molecule has 0 bridgehead atoms. The van der Waals surface area contributed by atoms with Gasteiger partial charge in [-0.3, -0.25) is 0 Å². The predicted molar refractivity (Wildman–Crippen MR) is 135 cm³/mol. The lowest BCUT2D eigenvalue weighted by molar-refractivity contribution is -0.274. The molecule has 196 valence electrons. The Kier molecular flexibility index (Phi) is 6.80. The molecule has 1 fully saturated rings. The molecule has 1 aliphatic rings. The summed E-state index contributed by atoms with van der Waals surface area (Å²) in [5.41, 5.74) is 1.56. The van der Waals surface area contributed by atoms with E-state index < -0.39 is 40.2 Å². The van der Waals surface area contributed by atoms with E-state index in [0.717, 1.165) is 46.1 Å². The third-order valence-corrected chi connectivity index (χ3v) is 8.20. The molecule has 3 aromatic carbocycles. The summed E-state index contributed by atoms with van der Waals surface area (Å²) in [4.78, 5) is -0.0718. The van der Waals surface area contributed by atoms with Gasteiger partial charge in [-0.2, -0.15) is 0 Å². The number of aromatic nitrogens is 1. The lowest BCUT2D eigenvalue weighted by atomic mass is 10.0. The molecule has 4 atom stereocenters. The molecular weight excluding hydrogens is 554 g/mol. The van der Waals surface area contributed by atoms with E-state index >= 15 is 0 Å². The van der Waals surface area contributed by atoms with Gasteiger partial charge in [-0.15, -0.1) is 13.2 Å². The number of halogens is 5. The number of ether oxygens (including phenoxy) is 2. The summed E-state index contributed by atoms with van der Waals surface area (Å²) in [6, 6.07) is 13.4. The molecular formula is C24H20Cl2F3N3O4S. The van der Waals surface area contributed by atoms with Crippen molar-refractivity contribution in [3.63, 3.8) is 0 Å². The van der Waals surface area contributed by atoms with Crippen LogP contribution in [0.15, 0.2) is 65.6 Å². The first kappa shape index (κ1) is 26.1. The summed E-state index contributed by atoms with van der Waals surface area (Å²) >= 11 is 12.5. The molecule has 3 N–H and O–H groups in total. The van der Waals surface area contributed by atoms with E-state index in [1.54, 1.807) is 24.3 Å². The van der Waals surface area contributed by atoms with Gasteiger partial charge in [-0.05, 0) is 60.7 Å². The molecule has 1 saturated heterocycles. The highest BCUT2D eigenvalue weighted by Crippen LogP contribution is 2.37. The fourth-order valence-electron chi connectivity index (χ4n) is 4.58. The number of nitrogens with one attached hydrogen (secondary N) is 2. The number of rotatable bonds is 5. The Hall–Kier alpha value is -2.54. The van der Waals surface area contributed by atoms with Crippen LogP contribution < -0.4 is 9.46 Å². The van der Waals surface area contributed by atoms with E-state index in [-0.39, 0.29) is 18.1 Å². The third-order valence-electron chi connectivity index (χ3n) is 6.16. The van der Waals surface area contributed by atoms with Crippen molar-refractivity contribution in [3.8, 4) is 5.75 Å². The van der Waals surface area contributed by atoms with Crippen molar-refractivity contribution in [1.82, 2.24) is 9.29 Å². The van der Waals surface area contributed by atoms with Crippen LogP contribution in [0, 0.1) is 4.78 Å². The van der Waals surface area contributed by atoms with Gasteiger partial charge in [0.1, 0.15) is 15.7 Å². The fraction of sp³-hybridized carbons (Fsp3) is 0.250. The van der Waals surface area contributed by atoms with Gasteiger partial charge in [0.25, 0.3) is 0 Å². The summed E-state index contributed by atoms with van der Waals surface area (Å²) in [7, 11) is -3.71. The average Bonchev–Trinajstić information content (AvgIpc) is 3.12. The minimum Gasteiger partial charge on any atom is -0.406 e. The van der Waals surface area contributed by atoms with Crippen LogP contribution in [0.25, 0.3) is 21.8 Å². The zero-order valence-electron chi connectivity index (χ0n) is 18.8. The SMILES string of the molecule is N=S(=O)(NC1COCC(n2c3ccc(Cl)cc3c3cc(Cl)ccc32)C1O)c1ccc(OC(F)(F)F)cc1. The Labute approximate surface area is 219 Å². The number of aliphatic hydroxyl groups is 1. The second kappa shape index (κ2) is 9.64. The molecule has 0 spiro atoms. The van der Waals surface area contributed by atoms with Crippen LogP contribution in [0.3, 0.4) is 0 Å². The van der Waals surface area contributed by atoms with Crippen molar-refractivity contribution >= 4 is 54.9 Å². The Morgan fingerprint density at radius 3 is 2.11 bits per heavy atom. The average molecular weight is 574 g/mol. The van der Waals surface area contributed by atoms with E-state index in [1.807, 2.05) is 16.7 Å². The molecule has 5 rings (SSSR count). The number of hydrogen-bond acceptors (Lipinski definition) is 5. The maximum atomic E-state index is 13.2. The van der Waals surface area contributed by atoms with Gasteiger partial charge < -0.3 is 19.1 Å². The first-order valence-corrected chi connectivity index (χ1v) is 13.3. The zero-order chi connectivity index (χ0) is 26.5. The monoisotopic (exact) mass is 573 g/mol. The van der Waals surface area contributed by atoms with Crippen LogP contribution in [0.1, 0.15) is 6.04 Å². The maximum Gasteiger partial charge on any atom is 0.573 e. The number of nitrogens with zero attached hydrogens (tertiary/aromatic N) is 1. The number of aliphatic hydroxyl groups excluding tert-OH is 1. The minimum absolute atomic E-state index is 0.0302. The highest BCUT2D eigenvalue weighted by Gasteiger charge is 2.37. The molecule has 7 nitrogen and oxygen atoms in total. The molecule has 1 aliphatic heterocycles. The van der Waals surface area contributed by atoms with Gasteiger partial charge >= 0.3 is 6.36 Å². The van der Waals surface area contributed by atoms with Gasteiger partial charge in [-0.1, -0.05) is 23.2 Å². The third kappa shape index (κ3) is 5.25. The lowest BCUT2D eigenvalue weighted by Gasteiger charge is -2.37. The van der Waals surface area contributed by atoms with Crippen LogP contribution in [0.5, 0.6) is 5.75 Å². The topological polar surface area (TPSA) is 96.6 Å². The van der Waals surface area contributed by atoms with E-state index in [9.17, 15) is 22.5 Å². The standard InChI is InChI=1S/C24H20Cl2F3N3O4S/c25-13-1-7-20-17(9-13)18-10-14(26)2-8-21(18)32(20)22-12-35-11-19(23(22)33)31-37(30,34)16-5-3-15(4-6-16)36-24(27,28)29/h1-10,19,22-23,33H,11-12H2,(H2,30,31,34). The Morgan fingerprint density at radius 1 is 1.00 bits per heavy atom. The smallest absolute Gasteiger partial charge is 0.406 e. The quantitative estimate of drug-likeness (QED) is 0.276. The summed E-state index contributed by atoms with van der Waals surface area (Å²) in [5.74, 6) is -0.501. The molecule has 13 heteroatoms.